The fourth-order valence-electron chi connectivity index (χ4n) is 5.15. The molecule has 2 atom stereocenters. The molecule has 2 heteroatoms. The average molecular weight is 421 g/mol. The lowest BCUT2D eigenvalue weighted by Gasteiger charge is -2.34. The standard InChI is InChI=1S/C29H28OSi/c1-30-25-19-17-23(18-20-25)29-21-24(29)22-31(26-11-5-2-6-12-26,27-13-7-3-8-14-27)28-15-9-4-10-16-28/h2-20,24,29H,21-22H2,1H3/t24-,29+/m0/s1. The smallest absolute Gasteiger partial charge is 0.148 e. The Bertz CT molecular complexity index is 1010. The summed E-state index contributed by atoms with van der Waals surface area (Å²) in [6.07, 6.45) is 1.27. The summed E-state index contributed by atoms with van der Waals surface area (Å²) in [6.45, 7) is 0. The van der Waals surface area contributed by atoms with Crippen molar-refractivity contribution in [3.63, 3.8) is 0 Å². The van der Waals surface area contributed by atoms with E-state index in [-0.39, 0.29) is 0 Å². The van der Waals surface area contributed by atoms with Crippen molar-refractivity contribution in [1.29, 1.82) is 0 Å². The lowest BCUT2D eigenvalue weighted by atomic mass is 10.1. The highest BCUT2D eigenvalue weighted by Crippen LogP contribution is 2.51. The van der Waals surface area contributed by atoms with Crippen molar-refractivity contribution in [2.45, 2.75) is 18.4 Å². The van der Waals surface area contributed by atoms with Gasteiger partial charge >= 0.3 is 0 Å². The van der Waals surface area contributed by atoms with Gasteiger partial charge < -0.3 is 4.74 Å². The van der Waals surface area contributed by atoms with Crippen molar-refractivity contribution < 1.29 is 4.74 Å². The van der Waals surface area contributed by atoms with Crippen LogP contribution in [0.1, 0.15) is 17.9 Å². The minimum Gasteiger partial charge on any atom is -0.497 e. The van der Waals surface area contributed by atoms with E-state index in [1.54, 1.807) is 7.11 Å². The molecule has 31 heavy (non-hydrogen) atoms. The Morgan fingerprint density at radius 2 is 1.10 bits per heavy atom. The van der Waals surface area contributed by atoms with Gasteiger partial charge in [-0.1, -0.05) is 103 Å². The topological polar surface area (TPSA) is 9.23 Å². The molecule has 1 nitrogen and oxygen atoms in total. The lowest BCUT2D eigenvalue weighted by Crippen LogP contribution is -2.67. The van der Waals surface area contributed by atoms with E-state index in [4.69, 9.17) is 4.74 Å². The predicted octanol–water partition coefficient (Wildman–Crippen LogP) is 4.97. The van der Waals surface area contributed by atoms with E-state index in [2.05, 4.69) is 115 Å². The van der Waals surface area contributed by atoms with Gasteiger partial charge in [-0.3, -0.25) is 0 Å². The van der Waals surface area contributed by atoms with E-state index in [9.17, 15) is 0 Å². The molecule has 1 aliphatic rings. The van der Waals surface area contributed by atoms with Crippen LogP contribution in [0.3, 0.4) is 0 Å². The summed E-state index contributed by atoms with van der Waals surface area (Å²) in [5.74, 6) is 2.29. The highest BCUT2D eigenvalue weighted by atomic mass is 28.3. The van der Waals surface area contributed by atoms with Gasteiger partial charge in [-0.2, -0.15) is 0 Å². The number of ether oxygens (including phenoxy) is 1. The average Bonchev–Trinajstić information content (AvgIpc) is 3.63. The number of hydrogen-bond acceptors (Lipinski definition) is 1. The quantitative estimate of drug-likeness (QED) is 0.303. The molecule has 4 aromatic rings. The number of hydrogen-bond donors (Lipinski definition) is 0. The van der Waals surface area contributed by atoms with Crippen molar-refractivity contribution in [3.05, 3.63) is 121 Å². The lowest BCUT2D eigenvalue weighted by molar-refractivity contribution is 0.414. The van der Waals surface area contributed by atoms with Gasteiger partial charge in [-0.15, -0.1) is 0 Å². The normalized spacial score (nSPS) is 17.8. The van der Waals surface area contributed by atoms with E-state index < -0.39 is 8.07 Å². The van der Waals surface area contributed by atoms with Gasteiger partial charge in [0.25, 0.3) is 0 Å². The number of benzene rings is 4. The van der Waals surface area contributed by atoms with Gasteiger partial charge in [0.15, 0.2) is 0 Å². The molecule has 0 bridgehead atoms. The largest absolute Gasteiger partial charge is 0.497 e. The Morgan fingerprint density at radius 3 is 1.52 bits per heavy atom. The molecule has 0 aromatic heterocycles. The third-order valence-electron chi connectivity index (χ3n) is 6.83. The van der Waals surface area contributed by atoms with Crippen molar-refractivity contribution in [2.24, 2.45) is 5.92 Å². The summed E-state index contributed by atoms with van der Waals surface area (Å²) >= 11 is 0. The van der Waals surface area contributed by atoms with E-state index >= 15 is 0 Å². The molecule has 0 amide bonds. The summed E-state index contributed by atoms with van der Waals surface area (Å²) in [5, 5.41) is 4.52. The maximum atomic E-state index is 5.36. The molecule has 0 spiro atoms. The van der Waals surface area contributed by atoms with Crippen LogP contribution in [0.15, 0.2) is 115 Å². The zero-order chi connectivity index (χ0) is 21.1. The Labute approximate surface area is 186 Å². The maximum Gasteiger partial charge on any atom is 0.148 e. The van der Waals surface area contributed by atoms with E-state index in [1.807, 2.05) is 0 Å². The van der Waals surface area contributed by atoms with Crippen molar-refractivity contribution in [1.82, 2.24) is 0 Å². The van der Waals surface area contributed by atoms with Crippen LogP contribution < -0.4 is 20.3 Å². The number of methoxy groups -OCH3 is 1. The molecular weight excluding hydrogens is 392 g/mol. The second-order valence-electron chi connectivity index (χ2n) is 8.58. The van der Waals surface area contributed by atoms with Crippen LogP contribution in [0.4, 0.5) is 0 Å². The van der Waals surface area contributed by atoms with Gasteiger partial charge in [0.1, 0.15) is 13.8 Å². The van der Waals surface area contributed by atoms with Crippen LogP contribution in [-0.4, -0.2) is 15.2 Å². The Kier molecular flexibility index (Phi) is 5.48. The first kappa shape index (κ1) is 19.8. The van der Waals surface area contributed by atoms with E-state index in [0.717, 1.165) is 5.75 Å². The SMILES string of the molecule is COc1ccc([C@H]2C[C@H]2C[Si](c2ccccc2)(c2ccccc2)c2ccccc2)cc1. The maximum absolute atomic E-state index is 5.36. The second-order valence-corrected chi connectivity index (χ2v) is 12.5. The minimum atomic E-state index is -2.14. The first-order valence-electron chi connectivity index (χ1n) is 11.1. The first-order valence-corrected chi connectivity index (χ1v) is 13.3. The van der Waals surface area contributed by atoms with Crippen LogP contribution in [-0.2, 0) is 0 Å². The Morgan fingerprint density at radius 1 is 0.645 bits per heavy atom. The zero-order valence-electron chi connectivity index (χ0n) is 17.9. The molecule has 4 aromatic carbocycles. The molecule has 0 saturated heterocycles. The molecule has 0 radical (unpaired) electrons. The highest BCUT2D eigenvalue weighted by Gasteiger charge is 2.48. The van der Waals surface area contributed by atoms with Crippen molar-refractivity contribution in [2.75, 3.05) is 7.11 Å². The van der Waals surface area contributed by atoms with Crippen LogP contribution >= 0.6 is 0 Å². The minimum absolute atomic E-state index is 0.647. The Hall–Kier alpha value is -3.10. The van der Waals surface area contributed by atoms with Gasteiger partial charge in [0, 0.05) is 0 Å². The summed E-state index contributed by atoms with van der Waals surface area (Å²) in [6, 6.07) is 43.7. The molecule has 1 saturated carbocycles. The molecule has 1 aliphatic carbocycles. The van der Waals surface area contributed by atoms with Crippen molar-refractivity contribution in [3.8, 4) is 5.75 Å². The van der Waals surface area contributed by atoms with Crippen LogP contribution in [0.2, 0.25) is 6.04 Å². The molecule has 0 N–H and O–H groups in total. The zero-order valence-corrected chi connectivity index (χ0v) is 18.9. The molecule has 1 fully saturated rings. The molecular formula is C29H28OSi. The highest BCUT2D eigenvalue weighted by molar-refractivity contribution is 7.11. The van der Waals surface area contributed by atoms with E-state index in [0.29, 0.717) is 11.8 Å². The fraction of sp³-hybridized carbons (Fsp3) is 0.172. The summed E-state index contributed by atoms with van der Waals surface area (Å²) in [4.78, 5) is 0. The summed E-state index contributed by atoms with van der Waals surface area (Å²) in [7, 11) is -0.411. The van der Waals surface area contributed by atoms with Gasteiger partial charge in [0.05, 0.1) is 7.11 Å². The predicted molar refractivity (Wildman–Crippen MR) is 133 cm³/mol. The molecule has 0 unspecified atom stereocenters. The molecule has 5 rings (SSSR count). The molecule has 154 valence electrons. The Balaban J connectivity index is 1.57. The van der Waals surface area contributed by atoms with Crippen molar-refractivity contribution >= 4 is 23.6 Å². The van der Waals surface area contributed by atoms with Gasteiger partial charge in [-0.05, 0) is 57.6 Å². The van der Waals surface area contributed by atoms with Gasteiger partial charge in [-0.25, -0.2) is 0 Å². The van der Waals surface area contributed by atoms with Crippen LogP contribution in [0.25, 0.3) is 0 Å². The first-order chi connectivity index (χ1) is 15.3. The summed E-state index contributed by atoms with van der Waals surface area (Å²) in [5.41, 5.74) is 1.45. The second kappa shape index (κ2) is 8.56. The molecule has 0 aliphatic heterocycles. The van der Waals surface area contributed by atoms with Crippen LogP contribution in [0, 0.1) is 5.92 Å². The summed E-state index contributed by atoms with van der Waals surface area (Å²) < 4.78 is 5.36. The monoisotopic (exact) mass is 420 g/mol. The van der Waals surface area contributed by atoms with Crippen LogP contribution in [0.5, 0.6) is 5.75 Å². The number of rotatable bonds is 7. The van der Waals surface area contributed by atoms with E-state index in [1.165, 1.54) is 33.6 Å². The third-order valence-corrected chi connectivity index (χ3v) is 11.9. The third kappa shape index (κ3) is 3.84. The fourth-order valence-corrected chi connectivity index (χ4v) is 10.4. The van der Waals surface area contributed by atoms with Gasteiger partial charge in [0.2, 0.25) is 0 Å². The molecule has 0 heterocycles.